The highest BCUT2D eigenvalue weighted by atomic mass is 32.1. The van der Waals surface area contributed by atoms with Crippen LogP contribution in [0.15, 0.2) is 11.4 Å². The molecule has 2 atom stereocenters. The number of nitrogens with one attached hydrogen (secondary N) is 1. The van der Waals surface area contributed by atoms with E-state index in [9.17, 15) is 4.79 Å². The Balaban J connectivity index is 1.72. The zero-order valence-electron chi connectivity index (χ0n) is 13.9. The van der Waals surface area contributed by atoms with E-state index in [-0.39, 0.29) is 12.0 Å². The summed E-state index contributed by atoms with van der Waals surface area (Å²) >= 11 is 1.53. The number of thiophene rings is 1. The van der Waals surface area contributed by atoms with E-state index in [2.05, 4.69) is 24.2 Å². The summed E-state index contributed by atoms with van der Waals surface area (Å²) in [5, 5.41) is 4.98. The van der Waals surface area contributed by atoms with Gasteiger partial charge in [-0.05, 0) is 43.6 Å². The topological polar surface area (TPSA) is 64.3 Å². The monoisotopic (exact) mass is 334 g/mol. The van der Waals surface area contributed by atoms with Crippen LogP contribution in [-0.2, 0) is 4.74 Å². The maximum atomic E-state index is 11.2. The summed E-state index contributed by atoms with van der Waals surface area (Å²) in [6, 6.07) is 4.89. The van der Waals surface area contributed by atoms with Crippen LogP contribution in [0.4, 0.5) is 0 Å². The largest absolute Gasteiger partial charge is 0.376 e. The Bertz CT molecular complexity index is 569. The summed E-state index contributed by atoms with van der Waals surface area (Å²) in [5.41, 5.74) is 5.87. The Morgan fingerprint density at radius 2 is 2.35 bits per heavy atom. The molecule has 0 spiro atoms. The average molecular weight is 334 g/mol. The lowest BCUT2D eigenvalue weighted by molar-refractivity contribution is 0.0568. The third-order valence-corrected chi connectivity index (χ3v) is 5.18. The average Bonchev–Trinajstić information content (AvgIpc) is 3.22. The number of nitrogens with two attached hydrogens (primary N) is 1. The van der Waals surface area contributed by atoms with Gasteiger partial charge in [0.1, 0.15) is 0 Å². The van der Waals surface area contributed by atoms with E-state index in [4.69, 9.17) is 10.5 Å². The van der Waals surface area contributed by atoms with E-state index in [0.29, 0.717) is 11.5 Å². The Hall–Kier alpha value is -1.51. The molecule has 23 heavy (non-hydrogen) atoms. The van der Waals surface area contributed by atoms with Crippen molar-refractivity contribution >= 4 is 17.2 Å². The van der Waals surface area contributed by atoms with Gasteiger partial charge in [-0.15, -0.1) is 11.3 Å². The molecule has 1 aliphatic carbocycles. The minimum Gasteiger partial charge on any atom is -0.376 e. The molecule has 0 aliphatic heterocycles. The van der Waals surface area contributed by atoms with Crippen LogP contribution in [0.3, 0.4) is 0 Å². The predicted octanol–water partition coefficient (Wildman–Crippen LogP) is 3.30. The number of carbonyl (C=O) groups excluding carboxylic acids is 1. The quantitative estimate of drug-likeness (QED) is 0.414. The number of rotatable bonds is 9. The van der Waals surface area contributed by atoms with Gasteiger partial charge < -0.3 is 15.8 Å². The summed E-state index contributed by atoms with van der Waals surface area (Å²) in [6.07, 6.45) is 5.70. The Kier molecular flexibility index (Phi) is 6.94. The zero-order chi connectivity index (χ0) is 16.7. The first kappa shape index (κ1) is 17.8. The van der Waals surface area contributed by atoms with Gasteiger partial charge in [-0.3, -0.25) is 4.79 Å². The van der Waals surface area contributed by atoms with Gasteiger partial charge in [0.15, 0.2) is 0 Å². The van der Waals surface area contributed by atoms with Crippen LogP contribution in [0.25, 0.3) is 0 Å². The molecule has 2 unspecified atom stereocenters. The molecule has 5 heteroatoms. The molecule has 1 aromatic heterocycles. The van der Waals surface area contributed by atoms with Crippen molar-refractivity contribution in [1.29, 1.82) is 0 Å². The van der Waals surface area contributed by atoms with E-state index in [1.807, 2.05) is 6.07 Å². The van der Waals surface area contributed by atoms with E-state index in [1.165, 1.54) is 24.2 Å². The van der Waals surface area contributed by atoms with E-state index >= 15 is 0 Å². The van der Waals surface area contributed by atoms with Gasteiger partial charge in [-0.1, -0.05) is 12.8 Å². The molecule has 0 saturated heterocycles. The first-order valence-corrected chi connectivity index (χ1v) is 9.11. The molecule has 1 aliphatic rings. The highest BCUT2D eigenvalue weighted by Gasteiger charge is 2.21. The fourth-order valence-electron chi connectivity index (χ4n) is 2.57. The summed E-state index contributed by atoms with van der Waals surface area (Å²) in [6.45, 7) is 3.21. The number of hydrogen-bond donors (Lipinski definition) is 2. The van der Waals surface area contributed by atoms with Crippen molar-refractivity contribution in [2.24, 2.45) is 17.6 Å². The second-order valence-corrected chi connectivity index (χ2v) is 7.20. The number of ether oxygens (including phenoxy) is 1. The predicted molar refractivity (Wildman–Crippen MR) is 94.1 cm³/mol. The minimum absolute atomic E-state index is 0.00838. The molecule has 3 N–H and O–H groups in total. The van der Waals surface area contributed by atoms with Crippen molar-refractivity contribution in [3.05, 3.63) is 21.9 Å². The van der Waals surface area contributed by atoms with Crippen LogP contribution >= 0.6 is 11.3 Å². The molecule has 0 aromatic carbocycles. The first-order chi connectivity index (χ1) is 11.1. The van der Waals surface area contributed by atoms with E-state index in [0.717, 1.165) is 36.6 Å². The van der Waals surface area contributed by atoms with Crippen LogP contribution in [0.5, 0.6) is 0 Å². The fraction of sp³-hybridized carbons (Fsp3) is 0.611. The van der Waals surface area contributed by atoms with Gasteiger partial charge in [0.2, 0.25) is 5.91 Å². The Morgan fingerprint density at radius 1 is 1.57 bits per heavy atom. The minimum atomic E-state index is -0.385. The first-order valence-electron chi connectivity index (χ1n) is 8.23. The lowest BCUT2D eigenvalue weighted by atomic mass is 9.96. The van der Waals surface area contributed by atoms with Crippen molar-refractivity contribution < 1.29 is 9.53 Å². The number of methoxy groups -OCH3 is 1. The molecule has 1 amide bonds. The van der Waals surface area contributed by atoms with Gasteiger partial charge in [0.05, 0.1) is 11.7 Å². The molecule has 1 aromatic rings. The van der Waals surface area contributed by atoms with Crippen molar-refractivity contribution in [2.45, 2.75) is 45.1 Å². The van der Waals surface area contributed by atoms with Crippen molar-refractivity contribution in [3.8, 4) is 12.0 Å². The molecule has 0 bridgehead atoms. The second-order valence-electron chi connectivity index (χ2n) is 6.25. The van der Waals surface area contributed by atoms with Crippen LogP contribution < -0.4 is 11.1 Å². The Labute approximate surface area is 142 Å². The van der Waals surface area contributed by atoms with Crippen molar-refractivity contribution in [2.75, 3.05) is 13.7 Å². The van der Waals surface area contributed by atoms with Crippen LogP contribution in [0.2, 0.25) is 0 Å². The van der Waals surface area contributed by atoms with Gasteiger partial charge >= 0.3 is 0 Å². The van der Waals surface area contributed by atoms with E-state index in [1.54, 1.807) is 12.5 Å². The zero-order valence-corrected chi connectivity index (χ0v) is 14.7. The van der Waals surface area contributed by atoms with Gasteiger partial charge in [-0.2, -0.15) is 0 Å². The Morgan fingerprint density at radius 3 is 2.96 bits per heavy atom. The van der Waals surface area contributed by atoms with Crippen LogP contribution in [0, 0.1) is 23.8 Å². The summed E-state index contributed by atoms with van der Waals surface area (Å²) in [5.74, 6) is 4.03. The molecule has 1 saturated carbocycles. The molecule has 4 nitrogen and oxygen atoms in total. The molecule has 1 heterocycles. The maximum Gasteiger partial charge on any atom is 0.249 e. The molecule has 126 valence electrons. The number of hydrogen-bond acceptors (Lipinski definition) is 4. The molecule has 0 radical (unpaired) electrons. The second kappa shape index (κ2) is 8.95. The lowest BCUT2D eigenvalue weighted by Gasteiger charge is -2.21. The summed E-state index contributed by atoms with van der Waals surface area (Å²) < 4.78 is 5.63. The smallest absolute Gasteiger partial charge is 0.249 e. The van der Waals surface area contributed by atoms with Gasteiger partial charge in [0, 0.05) is 36.4 Å². The maximum absolute atomic E-state index is 11.2. The number of unbranched alkanes of at least 4 members (excludes halogenated alkanes) is 1. The third-order valence-electron chi connectivity index (χ3n) is 4.18. The van der Waals surface area contributed by atoms with Crippen LogP contribution in [0.1, 0.15) is 60.4 Å². The standard InChI is InChI=1S/C18H26N2O2S/c1-13(6-4-3-5-9-20-11-14-7-8-14)17(22-2)16-10-15(12-23-16)18(19)21/h10,12-14,17,20H,3-4,6-8,11H2,1-2H3,(H2,19,21). The van der Waals surface area contributed by atoms with Gasteiger partial charge in [-0.25, -0.2) is 0 Å². The highest BCUT2D eigenvalue weighted by Crippen LogP contribution is 2.33. The van der Waals surface area contributed by atoms with E-state index < -0.39 is 0 Å². The van der Waals surface area contributed by atoms with Gasteiger partial charge in [0.25, 0.3) is 0 Å². The third kappa shape index (κ3) is 5.89. The lowest BCUT2D eigenvalue weighted by Crippen LogP contribution is -2.12. The van der Waals surface area contributed by atoms with Crippen molar-refractivity contribution in [3.63, 3.8) is 0 Å². The van der Waals surface area contributed by atoms with Crippen molar-refractivity contribution in [1.82, 2.24) is 5.32 Å². The fourth-order valence-corrected chi connectivity index (χ4v) is 3.67. The summed E-state index contributed by atoms with van der Waals surface area (Å²) in [7, 11) is 1.71. The molecule has 1 fully saturated rings. The SMILES string of the molecule is COC(c1cc(C(N)=O)cs1)C(C)CCCC#CNCC1CC1. The number of primary amides is 1. The molecular weight excluding hydrogens is 308 g/mol. The van der Waals surface area contributed by atoms with Crippen LogP contribution in [-0.4, -0.2) is 19.6 Å². The molecule has 2 rings (SSSR count). The normalized spacial score (nSPS) is 16.3. The molecular formula is C18H26N2O2S. The summed E-state index contributed by atoms with van der Waals surface area (Å²) in [4.78, 5) is 12.3. The number of amides is 1. The number of carbonyl (C=O) groups is 1. The highest BCUT2D eigenvalue weighted by molar-refractivity contribution is 7.10.